The minimum absolute atomic E-state index is 0.144. The van der Waals surface area contributed by atoms with Gasteiger partial charge in [-0.25, -0.2) is 9.97 Å². The fourth-order valence-electron chi connectivity index (χ4n) is 2.23. The van der Waals surface area contributed by atoms with E-state index in [9.17, 15) is 4.79 Å². The second-order valence-electron chi connectivity index (χ2n) is 5.41. The molecule has 0 saturated carbocycles. The number of nitrogens with zero attached hydrogens (tertiary/aromatic N) is 2. The topological polar surface area (TPSA) is 66.9 Å². The molecule has 0 bridgehead atoms. The van der Waals surface area contributed by atoms with Crippen molar-refractivity contribution in [2.75, 3.05) is 18.4 Å². The molecule has 1 amide bonds. The number of amides is 1. The average molecular weight is 312 g/mol. The second-order valence-corrected chi connectivity index (χ2v) is 5.41. The summed E-state index contributed by atoms with van der Waals surface area (Å²) in [5.74, 6) is 0.532. The molecule has 2 N–H and O–H groups in total. The predicted octanol–water partition coefficient (Wildman–Crippen LogP) is 3.05. The molecule has 0 aliphatic heterocycles. The molecule has 1 aromatic carbocycles. The third kappa shape index (κ3) is 6.06. The third-order valence-corrected chi connectivity index (χ3v) is 3.53. The number of nitrogens with one attached hydrogen (secondary N) is 2. The first kappa shape index (κ1) is 16.9. The van der Waals surface area contributed by atoms with Crippen LogP contribution in [0, 0.1) is 0 Å². The molecule has 2 aromatic rings. The Balaban J connectivity index is 1.80. The van der Waals surface area contributed by atoms with Crippen molar-refractivity contribution in [3.63, 3.8) is 0 Å². The first-order valence-corrected chi connectivity index (χ1v) is 8.17. The Bertz CT molecular complexity index is 601. The molecule has 0 fully saturated rings. The van der Waals surface area contributed by atoms with E-state index in [-0.39, 0.29) is 5.91 Å². The lowest BCUT2D eigenvalue weighted by molar-refractivity contribution is 0.0948. The third-order valence-electron chi connectivity index (χ3n) is 3.53. The van der Waals surface area contributed by atoms with Gasteiger partial charge in [-0.2, -0.15) is 0 Å². The summed E-state index contributed by atoms with van der Waals surface area (Å²) in [5, 5.41) is 6.12. The number of aromatic nitrogens is 2. The van der Waals surface area contributed by atoms with Crippen molar-refractivity contribution >= 4 is 11.7 Å². The highest BCUT2D eigenvalue weighted by Gasteiger charge is 2.07. The van der Waals surface area contributed by atoms with Crippen molar-refractivity contribution < 1.29 is 4.79 Å². The number of anilines is 1. The number of carbonyl (C=O) groups excluding carboxylic acids is 1. The maximum absolute atomic E-state index is 12.0. The Morgan fingerprint density at radius 3 is 2.70 bits per heavy atom. The zero-order chi connectivity index (χ0) is 16.3. The fraction of sp³-hybridized carbons (Fsp3) is 0.389. The molecule has 5 nitrogen and oxygen atoms in total. The highest BCUT2D eigenvalue weighted by Crippen LogP contribution is 2.05. The van der Waals surface area contributed by atoms with E-state index in [0.717, 1.165) is 32.2 Å². The van der Waals surface area contributed by atoms with E-state index in [1.54, 1.807) is 6.07 Å². The standard InChI is InChI=1S/C18H24N4O/c1-2-3-7-11-20-18(23)16-13-17(22-14-21-16)19-12-10-15-8-5-4-6-9-15/h4-6,8-9,13-14H,2-3,7,10-12H2,1H3,(H,20,23)(H,19,21,22). The number of hydrogen-bond donors (Lipinski definition) is 2. The molecule has 0 radical (unpaired) electrons. The lowest BCUT2D eigenvalue weighted by Crippen LogP contribution is -2.25. The van der Waals surface area contributed by atoms with Crippen molar-refractivity contribution in [3.8, 4) is 0 Å². The van der Waals surface area contributed by atoms with Gasteiger partial charge in [-0.1, -0.05) is 50.1 Å². The summed E-state index contributed by atoms with van der Waals surface area (Å²) in [6.45, 7) is 3.59. The van der Waals surface area contributed by atoms with E-state index in [0.29, 0.717) is 18.1 Å². The lowest BCUT2D eigenvalue weighted by atomic mass is 10.1. The summed E-state index contributed by atoms with van der Waals surface area (Å²) >= 11 is 0. The van der Waals surface area contributed by atoms with Crippen LogP contribution in [0.15, 0.2) is 42.7 Å². The summed E-state index contributed by atoms with van der Waals surface area (Å²) in [7, 11) is 0. The van der Waals surface area contributed by atoms with E-state index in [1.165, 1.54) is 11.9 Å². The van der Waals surface area contributed by atoms with Gasteiger partial charge >= 0.3 is 0 Å². The quantitative estimate of drug-likeness (QED) is 0.698. The van der Waals surface area contributed by atoms with Crippen molar-refractivity contribution in [3.05, 3.63) is 54.0 Å². The number of unbranched alkanes of at least 4 members (excludes halogenated alkanes) is 2. The van der Waals surface area contributed by atoms with Crippen LogP contribution < -0.4 is 10.6 Å². The smallest absolute Gasteiger partial charge is 0.270 e. The summed E-state index contributed by atoms with van der Waals surface area (Å²) in [4.78, 5) is 20.2. The molecule has 0 aliphatic rings. The Kier molecular flexibility index (Phi) is 7.04. The Morgan fingerprint density at radius 1 is 1.09 bits per heavy atom. The normalized spacial score (nSPS) is 10.3. The minimum Gasteiger partial charge on any atom is -0.370 e. The van der Waals surface area contributed by atoms with Gasteiger partial charge in [0.2, 0.25) is 0 Å². The van der Waals surface area contributed by atoms with Gasteiger partial charge in [0.15, 0.2) is 0 Å². The summed E-state index contributed by atoms with van der Waals surface area (Å²) in [5.41, 5.74) is 1.67. The molecule has 0 spiro atoms. The van der Waals surface area contributed by atoms with E-state index in [4.69, 9.17) is 0 Å². The molecular weight excluding hydrogens is 288 g/mol. The van der Waals surface area contributed by atoms with Gasteiger partial charge in [-0.3, -0.25) is 4.79 Å². The maximum Gasteiger partial charge on any atom is 0.270 e. The molecular formula is C18H24N4O. The average Bonchev–Trinajstić information content (AvgIpc) is 2.60. The molecule has 122 valence electrons. The molecule has 23 heavy (non-hydrogen) atoms. The van der Waals surface area contributed by atoms with Gasteiger partial charge < -0.3 is 10.6 Å². The van der Waals surface area contributed by atoms with Crippen LogP contribution >= 0.6 is 0 Å². The van der Waals surface area contributed by atoms with Crippen molar-refractivity contribution in [1.82, 2.24) is 15.3 Å². The van der Waals surface area contributed by atoms with Crippen LogP contribution in [-0.2, 0) is 6.42 Å². The zero-order valence-corrected chi connectivity index (χ0v) is 13.6. The minimum atomic E-state index is -0.144. The first-order chi connectivity index (χ1) is 11.3. The van der Waals surface area contributed by atoms with Crippen LogP contribution in [0.5, 0.6) is 0 Å². The molecule has 0 saturated heterocycles. The van der Waals surface area contributed by atoms with E-state index < -0.39 is 0 Å². The molecule has 0 atom stereocenters. The fourth-order valence-corrected chi connectivity index (χ4v) is 2.23. The van der Waals surface area contributed by atoms with Crippen LogP contribution in [0.1, 0.15) is 42.2 Å². The van der Waals surface area contributed by atoms with Gasteiger partial charge in [-0.05, 0) is 18.4 Å². The summed E-state index contributed by atoms with van der Waals surface area (Å²) in [6, 6.07) is 11.9. The van der Waals surface area contributed by atoms with Crippen LogP contribution in [-0.4, -0.2) is 29.0 Å². The molecule has 0 aliphatic carbocycles. The maximum atomic E-state index is 12.0. The van der Waals surface area contributed by atoms with Crippen LogP contribution in [0.25, 0.3) is 0 Å². The highest BCUT2D eigenvalue weighted by atomic mass is 16.1. The highest BCUT2D eigenvalue weighted by molar-refractivity contribution is 5.92. The predicted molar refractivity (Wildman–Crippen MR) is 92.5 cm³/mol. The zero-order valence-electron chi connectivity index (χ0n) is 13.6. The number of benzene rings is 1. The Morgan fingerprint density at radius 2 is 1.91 bits per heavy atom. The first-order valence-electron chi connectivity index (χ1n) is 8.17. The molecule has 1 heterocycles. The molecule has 0 unspecified atom stereocenters. The largest absolute Gasteiger partial charge is 0.370 e. The molecule has 1 aromatic heterocycles. The lowest BCUT2D eigenvalue weighted by Gasteiger charge is -2.07. The van der Waals surface area contributed by atoms with Gasteiger partial charge in [0.25, 0.3) is 5.91 Å². The van der Waals surface area contributed by atoms with Crippen LogP contribution in [0.2, 0.25) is 0 Å². The van der Waals surface area contributed by atoms with Gasteiger partial charge in [0, 0.05) is 19.2 Å². The van der Waals surface area contributed by atoms with E-state index >= 15 is 0 Å². The Labute approximate surface area is 137 Å². The Hall–Kier alpha value is -2.43. The van der Waals surface area contributed by atoms with Crippen LogP contribution in [0.3, 0.4) is 0 Å². The molecule has 5 heteroatoms. The summed E-state index contributed by atoms with van der Waals surface area (Å²) < 4.78 is 0. The van der Waals surface area contributed by atoms with E-state index in [2.05, 4.69) is 39.7 Å². The van der Waals surface area contributed by atoms with Crippen molar-refractivity contribution in [1.29, 1.82) is 0 Å². The molecule has 2 rings (SSSR count). The summed E-state index contributed by atoms with van der Waals surface area (Å²) in [6.07, 6.45) is 5.58. The van der Waals surface area contributed by atoms with Crippen molar-refractivity contribution in [2.45, 2.75) is 32.6 Å². The monoisotopic (exact) mass is 312 g/mol. The van der Waals surface area contributed by atoms with Gasteiger partial charge in [0.05, 0.1) is 0 Å². The SMILES string of the molecule is CCCCCNC(=O)c1cc(NCCc2ccccc2)ncn1. The van der Waals surface area contributed by atoms with Crippen LogP contribution in [0.4, 0.5) is 5.82 Å². The van der Waals surface area contributed by atoms with E-state index in [1.807, 2.05) is 18.2 Å². The number of hydrogen-bond acceptors (Lipinski definition) is 4. The van der Waals surface area contributed by atoms with Gasteiger partial charge in [-0.15, -0.1) is 0 Å². The van der Waals surface area contributed by atoms with Gasteiger partial charge in [0.1, 0.15) is 17.8 Å². The number of rotatable bonds is 9. The second kappa shape index (κ2) is 9.56. The number of carbonyl (C=O) groups is 1. The van der Waals surface area contributed by atoms with Crippen molar-refractivity contribution in [2.24, 2.45) is 0 Å².